The number of nitrogens with zero attached hydrogens (tertiary/aromatic N) is 1. The van der Waals surface area contributed by atoms with Gasteiger partial charge in [0, 0.05) is 27.7 Å². The van der Waals surface area contributed by atoms with Crippen LogP contribution in [0.4, 0.5) is 0 Å². The summed E-state index contributed by atoms with van der Waals surface area (Å²) in [5.41, 5.74) is 1.69. The second-order valence-corrected chi connectivity index (χ2v) is 7.72. The van der Waals surface area contributed by atoms with Crippen molar-refractivity contribution in [1.29, 1.82) is 0 Å². The van der Waals surface area contributed by atoms with Crippen molar-refractivity contribution in [2.45, 2.75) is 13.8 Å². The molecule has 0 saturated heterocycles. The highest BCUT2D eigenvalue weighted by molar-refractivity contribution is 8.13. The Labute approximate surface area is 123 Å². The molecule has 1 aromatic carbocycles. The minimum Gasteiger partial charge on any atom is -0.491 e. The molecule has 108 valence electrons. The summed E-state index contributed by atoms with van der Waals surface area (Å²) in [6.07, 6.45) is 0. The largest absolute Gasteiger partial charge is 0.491 e. The molecule has 20 heavy (non-hydrogen) atoms. The van der Waals surface area contributed by atoms with E-state index in [4.69, 9.17) is 15.4 Å². The Hall–Kier alpha value is -1.33. The van der Waals surface area contributed by atoms with Crippen molar-refractivity contribution in [2.75, 3.05) is 12.4 Å². The van der Waals surface area contributed by atoms with Crippen molar-refractivity contribution >= 4 is 30.6 Å². The lowest BCUT2D eigenvalue weighted by molar-refractivity contribution is 0.274. The number of aryl methyl sites for hydroxylation is 1. The zero-order chi connectivity index (χ0) is 14.8. The van der Waals surface area contributed by atoms with Crippen LogP contribution >= 0.6 is 10.7 Å². The molecule has 0 spiro atoms. The third kappa shape index (κ3) is 4.08. The molecule has 0 N–H and O–H groups in total. The number of benzene rings is 1. The molecule has 2 rings (SSSR count). The van der Waals surface area contributed by atoms with Crippen molar-refractivity contribution in [3.63, 3.8) is 0 Å². The highest BCUT2D eigenvalue weighted by atomic mass is 35.7. The highest BCUT2D eigenvalue weighted by Crippen LogP contribution is 2.24. The van der Waals surface area contributed by atoms with Crippen molar-refractivity contribution in [3.8, 4) is 5.75 Å². The standard InChI is InChI=1S/C14H16ClNO3S/c1-10(9-20(15,17)18)8-19-13-5-3-4-12-7-6-11(2)16-14(12)13/h3-7,10H,8-9H2,1-2H3. The number of ether oxygens (including phenoxy) is 1. The van der Waals surface area contributed by atoms with E-state index in [0.717, 1.165) is 16.6 Å². The third-order valence-electron chi connectivity index (χ3n) is 2.83. The Morgan fingerprint density at radius 1 is 1.30 bits per heavy atom. The molecule has 1 atom stereocenters. The van der Waals surface area contributed by atoms with Gasteiger partial charge in [-0.2, -0.15) is 0 Å². The van der Waals surface area contributed by atoms with Gasteiger partial charge in [0.1, 0.15) is 11.3 Å². The van der Waals surface area contributed by atoms with Crippen molar-refractivity contribution in [2.24, 2.45) is 5.92 Å². The first-order valence-corrected chi connectivity index (χ1v) is 8.74. The SMILES string of the molecule is Cc1ccc2cccc(OCC(C)CS(=O)(=O)Cl)c2n1. The van der Waals surface area contributed by atoms with E-state index < -0.39 is 9.05 Å². The second-order valence-electron chi connectivity index (χ2n) is 4.90. The van der Waals surface area contributed by atoms with Crippen molar-refractivity contribution < 1.29 is 13.2 Å². The Balaban J connectivity index is 2.16. The lowest BCUT2D eigenvalue weighted by Gasteiger charge is -2.13. The van der Waals surface area contributed by atoms with Gasteiger partial charge < -0.3 is 4.74 Å². The summed E-state index contributed by atoms with van der Waals surface area (Å²) in [5.74, 6) is 0.369. The summed E-state index contributed by atoms with van der Waals surface area (Å²) in [6.45, 7) is 3.98. The Morgan fingerprint density at radius 3 is 2.75 bits per heavy atom. The number of rotatable bonds is 5. The molecule has 6 heteroatoms. The van der Waals surface area contributed by atoms with Crippen LogP contribution in [0.3, 0.4) is 0 Å². The minimum absolute atomic E-state index is 0.105. The third-order valence-corrected chi connectivity index (χ3v) is 4.17. The van der Waals surface area contributed by atoms with Gasteiger partial charge in [0.25, 0.3) is 0 Å². The fraction of sp³-hybridized carbons (Fsp3) is 0.357. The number of para-hydroxylation sites is 1. The number of pyridine rings is 1. The van der Waals surface area contributed by atoms with Gasteiger partial charge in [-0.3, -0.25) is 0 Å². The fourth-order valence-corrected chi connectivity index (χ4v) is 3.38. The Morgan fingerprint density at radius 2 is 2.05 bits per heavy atom. The smallest absolute Gasteiger partial charge is 0.232 e. The molecule has 1 aromatic heterocycles. The number of hydrogen-bond donors (Lipinski definition) is 0. The molecule has 0 aliphatic heterocycles. The first-order valence-electron chi connectivity index (χ1n) is 6.26. The maximum absolute atomic E-state index is 11.0. The van der Waals surface area contributed by atoms with Crippen LogP contribution in [0.1, 0.15) is 12.6 Å². The monoisotopic (exact) mass is 313 g/mol. The summed E-state index contributed by atoms with van der Waals surface area (Å²) in [4.78, 5) is 4.46. The van der Waals surface area contributed by atoms with Crippen LogP contribution in [-0.2, 0) is 9.05 Å². The molecule has 0 radical (unpaired) electrons. The molecule has 0 aliphatic rings. The van der Waals surface area contributed by atoms with Crippen LogP contribution in [0.25, 0.3) is 10.9 Å². The van der Waals surface area contributed by atoms with E-state index in [1.807, 2.05) is 37.3 Å². The van der Waals surface area contributed by atoms with Crippen molar-refractivity contribution in [1.82, 2.24) is 4.98 Å². The van der Waals surface area contributed by atoms with Gasteiger partial charge in [-0.1, -0.05) is 25.1 Å². The first-order chi connectivity index (χ1) is 9.35. The molecule has 1 unspecified atom stereocenters. The van der Waals surface area contributed by atoms with E-state index in [9.17, 15) is 8.42 Å². The summed E-state index contributed by atoms with van der Waals surface area (Å²) < 4.78 is 27.7. The Kier molecular flexibility index (Phi) is 4.50. The van der Waals surface area contributed by atoms with Gasteiger partial charge >= 0.3 is 0 Å². The molecule has 0 aliphatic carbocycles. The molecule has 2 aromatic rings. The average molecular weight is 314 g/mol. The number of fused-ring (bicyclic) bond motifs is 1. The number of hydrogen-bond acceptors (Lipinski definition) is 4. The molecular formula is C14H16ClNO3S. The zero-order valence-corrected chi connectivity index (χ0v) is 12.9. The van der Waals surface area contributed by atoms with E-state index in [2.05, 4.69) is 4.98 Å². The van der Waals surface area contributed by atoms with Gasteiger partial charge in [-0.25, -0.2) is 13.4 Å². The predicted octanol–water partition coefficient (Wildman–Crippen LogP) is 3.13. The lowest BCUT2D eigenvalue weighted by Crippen LogP contribution is -2.16. The maximum Gasteiger partial charge on any atom is 0.232 e. The molecule has 0 fully saturated rings. The first kappa shape index (κ1) is 15.1. The maximum atomic E-state index is 11.0. The molecular weight excluding hydrogens is 298 g/mol. The van der Waals surface area contributed by atoms with Gasteiger partial charge in [0.15, 0.2) is 0 Å². The summed E-state index contributed by atoms with van der Waals surface area (Å²) in [6, 6.07) is 9.60. The van der Waals surface area contributed by atoms with E-state index in [0.29, 0.717) is 5.75 Å². The number of halogens is 1. The van der Waals surface area contributed by atoms with Crippen LogP contribution in [0.5, 0.6) is 5.75 Å². The van der Waals surface area contributed by atoms with Gasteiger partial charge in [0.2, 0.25) is 9.05 Å². The summed E-state index contributed by atoms with van der Waals surface area (Å²) in [7, 11) is 1.73. The minimum atomic E-state index is -3.50. The average Bonchev–Trinajstić information content (AvgIpc) is 2.34. The zero-order valence-electron chi connectivity index (χ0n) is 11.3. The molecule has 1 heterocycles. The van der Waals surface area contributed by atoms with Crippen molar-refractivity contribution in [3.05, 3.63) is 36.0 Å². The van der Waals surface area contributed by atoms with Crippen LogP contribution in [0.15, 0.2) is 30.3 Å². The molecule has 4 nitrogen and oxygen atoms in total. The van der Waals surface area contributed by atoms with E-state index in [1.165, 1.54) is 0 Å². The lowest BCUT2D eigenvalue weighted by atomic mass is 10.2. The molecule has 0 saturated carbocycles. The van der Waals surface area contributed by atoms with Gasteiger partial charge in [0.05, 0.1) is 12.4 Å². The summed E-state index contributed by atoms with van der Waals surface area (Å²) in [5, 5.41) is 0.991. The normalized spacial score (nSPS) is 13.3. The van der Waals surface area contributed by atoms with Crippen LogP contribution in [0, 0.1) is 12.8 Å². The fourth-order valence-electron chi connectivity index (χ4n) is 1.95. The molecule has 0 bridgehead atoms. The van der Waals surface area contributed by atoms with Gasteiger partial charge in [-0.15, -0.1) is 0 Å². The van der Waals surface area contributed by atoms with Crippen LogP contribution in [-0.4, -0.2) is 25.8 Å². The Bertz CT molecular complexity index is 715. The molecule has 0 amide bonds. The topological polar surface area (TPSA) is 56.3 Å². The van der Waals surface area contributed by atoms with E-state index in [-0.39, 0.29) is 18.3 Å². The summed E-state index contributed by atoms with van der Waals surface area (Å²) >= 11 is 0. The highest BCUT2D eigenvalue weighted by Gasteiger charge is 2.14. The quantitative estimate of drug-likeness (QED) is 0.796. The van der Waals surface area contributed by atoms with Gasteiger partial charge in [-0.05, 0) is 19.1 Å². The predicted molar refractivity (Wildman–Crippen MR) is 80.8 cm³/mol. The van der Waals surface area contributed by atoms with Crippen LogP contribution < -0.4 is 4.74 Å². The van der Waals surface area contributed by atoms with E-state index >= 15 is 0 Å². The second kappa shape index (κ2) is 5.97. The van der Waals surface area contributed by atoms with Crippen LogP contribution in [0.2, 0.25) is 0 Å². The van der Waals surface area contributed by atoms with E-state index in [1.54, 1.807) is 6.92 Å². The number of aromatic nitrogens is 1.